The summed E-state index contributed by atoms with van der Waals surface area (Å²) in [7, 11) is 2.00. The zero-order valence-electron chi connectivity index (χ0n) is 22.6. The Balaban J connectivity index is 1.51. The fraction of sp³-hybridized carbons (Fsp3) is 0.517. The fourth-order valence-electron chi connectivity index (χ4n) is 5.76. The van der Waals surface area contributed by atoms with E-state index in [-0.39, 0.29) is 10.6 Å². The van der Waals surface area contributed by atoms with Crippen molar-refractivity contribution < 1.29 is 9.13 Å². The van der Waals surface area contributed by atoms with Crippen LogP contribution in [0.15, 0.2) is 30.3 Å². The second-order valence-electron chi connectivity index (χ2n) is 10.3. The van der Waals surface area contributed by atoms with Crippen molar-refractivity contribution in [2.24, 2.45) is 0 Å². The molecule has 0 bridgehead atoms. The van der Waals surface area contributed by atoms with Gasteiger partial charge in [-0.2, -0.15) is 9.97 Å². The third-order valence-electron chi connectivity index (χ3n) is 8.11. The number of ether oxygens (including phenoxy) is 1. The van der Waals surface area contributed by atoms with Crippen LogP contribution in [0.4, 0.5) is 15.9 Å². The summed E-state index contributed by atoms with van der Waals surface area (Å²) in [6.45, 7) is 9.90. The summed E-state index contributed by atoms with van der Waals surface area (Å²) in [5.41, 5.74) is 2.95. The van der Waals surface area contributed by atoms with Crippen LogP contribution in [0.1, 0.15) is 44.4 Å². The van der Waals surface area contributed by atoms with Crippen LogP contribution >= 0.6 is 11.6 Å². The first-order valence-electron chi connectivity index (χ1n) is 13.8. The molecule has 0 radical (unpaired) electrons. The van der Waals surface area contributed by atoms with Gasteiger partial charge in [0, 0.05) is 49.4 Å². The molecule has 0 spiro atoms. The van der Waals surface area contributed by atoms with Crippen LogP contribution in [0, 0.1) is 5.82 Å². The Hall–Kier alpha value is -2.68. The quantitative estimate of drug-likeness (QED) is 0.398. The van der Waals surface area contributed by atoms with Crippen LogP contribution in [0.5, 0.6) is 6.01 Å². The van der Waals surface area contributed by atoms with Gasteiger partial charge < -0.3 is 25.2 Å². The van der Waals surface area contributed by atoms with E-state index in [1.165, 1.54) is 11.6 Å². The summed E-state index contributed by atoms with van der Waals surface area (Å²) in [6.07, 6.45) is 3.84. The fourth-order valence-corrected chi connectivity index (χ4v) is 6.03. The highest BCUT2D eigenvalue weighted by atomic mass is 35.5. The summed E-state index contributed by atoms with van der Waals surface area (Å²) in [6, 6.07) is 9.62. The molecule has 5 rings (SSSR count). The smallest absolute Gasteiger partial charge is 0.318 e. The van der Waals surface area contributed by atoms with Gasteiger partial charge in [0.15, 0.2) is 0 Å². The lowest BCUT2D eigenvalue weighted by Gasteiger charge is -2.36. The molecule has 9 heteroatoms. The third-order valence-corrected chi connectivity index (χ3v) is 8.48. The first kappa shape index (κ1) is 26.9. The zero-order chi connectivity index (χ0) is 26.7. The molecule has 2 N–H and O–H groups in total. The van der Waals surface area contributed by atoms with Gasteiger partial charge >= 0.3 is 6.01 Å². The highest BCUT2D eigenvalue weighted by molar-refractivity contribution is 6.36. The molecule has 204 valence electrons. The van der Waals surface area contributed by atoms with Crippen molar-refractivity contribution in [1.29, 1.82) is 0 Å². The lowest BCUT2D eigenvalue weighted by atomic mass is 9.92. The SMILES string of the molecule is CCCC(CC)(COc1nc2c(c(N3CCNCC3)n1)CCN(c1cccc3ccc(F)c(Cl)c13)C2)NC. The van der Waals surface area contributed by atoms with Crippen molar-refractivity contribution in [2.45, 2.75) is 51.6 Å². The topological polar surface area (TPSA) is 65.5 Å². The normalized spacial score (nSPS) is 17.4. The number of hydrogen-bond acceptors (Lipinski definition) is 7. The molecule has 3 aromatic rings. The first-order chi connectivity index (χ1) is 18.5. The van der Waals surface area contributed by atoms with Gasteiger partial charge in [0.2, 0.25) is 0 Å². The van der Waals surface area contributed by atoms with Crippen molar-refractivity contribution >= 4 is 33.9 Å². The van der Waals surface area contributed by atoms with E-state index in [0.29, 0.717) is 19.2 Å². The van der Waals surface area contributed by atoms with Crippen LogP contribution in [0.25, 0.3) is 10.8 Å². The molecular formula is C29H38ClFN6O. The van der Waals surface area contributed by atoms with E-state index >= 15 is 0 Å². The molecule has 0 saturated carbocycles. The van der Waals surface area contributed by atoms with Gasteiger partial charge in [-0.25, -0.2) is 4.39 Å². The number of benzene rings is 2. The molecule has 1 saturated heterocycles. The first-order valence-corrected chi connectivity index (χ1v) is 14.1. The highest BCUT2D eigenvalue weighted by Gasteiger charge is 2.30. The number of fused-ring (bicyclic) bond motifs is 2. The van der Waals surface area contributed by atoms with Crippen molar-refractivity contribution in [3.63, 3.8) is 0 Å². The van der Waals surface area contributed by atoms with Gasteiger partial charge in [0.1, 0.15) is 18.2 Å². The number of likely N-dealkylation sites (N-methyl/N-ethyl adjacent to an activating group) is 1. The van der Waals surface area contributed by atoms with Crippen LogP contribution in [0.2, 0.25) is 5.02 Å². The molecule has 1 fully saturated rings. The Bertz CT molecular complexity index is 1280. The molecule has 1 aromatic heterocycles. The second-order valence-corrected chi connectivity index (χ2v) is 10.7. The maximum absolute atomic E-state index is 14.4. The predicted molar refractivity (Wildman–Crippen MR) is 153 cm³/mol. The maximum atomic E-state index is 14.4. The predicted octanol–water partition coefficient (Wildman–Crippen LogP) is 4.94. The largest absolute Gasteiger partial charge is 0.461 e. The number of aromatic nitrogens is 2. The number of rotatable bonds is 9. The number of piperazine rings is 1. The molecule has 7 nitrogen and oxygen atoms in total. The van der Waals surface area contributed by atoms with Crippen molar-refractivity contribution in [2.75, 3.05) is 56.2 Å². The van der Waals surface area contributed by atoms with Gasteiger partial charge in [-0.05, 0) is 43.8 Å². The molecule has 2 aromatic carbocycles. The van der Waals surface area contributed by atoms with E-state index in [4.69, 9.17) is 26.3 Å². The molecule has 38 heavy (non-hydrogen) atoms. The van der Waals surface area contributed by atoms with Crippen LogP contribution < -0.4 is 25.2 Å². The maximum Gasteiger partial charge on any atom is 0.318 e. The number of halogens is 2. The lowest BCUT2D eigenvalue weighted by Crippen LogP contribution is -2.48. The van der Waals surface area contributed by atoms with Gasteiger partial charge in [-0.15, -0.1) is 0 Å². The monoisotopic (exact) mass is 540 g/mol. The molecule has 0 amide bonds. The molecule has 1 unspecified atom stereocenters. The second kappa shape index (κ2) is 11.6. The number of anilines is 2. The Morgan fingerprint density at radius 3 is 2.66 bits per heavy atom. The molecule has 3 heterocycles. The van der Waals surface area contributed by atoms with Gasteiger partial charge in [-0.3, -0.25) is 0 Å². The Kier molecular flexibility index (Phi) is 8.21. The van der Waals surface area contributed by atoms with E-state index < -0.39 is 5.82 Å². The number of nitrogens with zero attached hydrogens (tertiary/aromatic N) is 4. The summed E-state index contributed by atoms with van der Waals surface area (Å²) >= 11 is 6.47. The van der Waals surface area contributed by atoms with E-state index in [2.05, 4.69) is 34.3 Å². The third kappa shape index (κ3) is 5.26. The van der Waals surface area contributed by atoms with Gasteiger partial charge in [0.05, 0.1) is 22.8 Å². The van der Waals surface area contributed by atoms with Gasteiger partial charge in [0.25, 0.3) is 0 Å². The minimum atomic E-state index is -0.404. The van der Waals surface area contributed by atoms with Crippen molar-refractivity contribution in [1.82, 2.24) is 20.6 Å². The van der Waals surface area contributed by atoms with Gasteiger partial charge in [-0.1, -0.05) is 50.1 Å². The van der Waals surface area contributed by atoms with Crippen LogP contribution in [-0.2, 0) is 13.0 Å². The summed E-state index contributed by atoms with van der Waals surface area (Å²) in [5.74, 6) is 0.578. The average Bonchev–Trinajstić information content (AvgIpc) is 2.96. The number of hydrogen-bond donors (Lipinski definition) is 2. The summed E-state index contributed by atoms with van der Waals surface area (Å²) in [5, 5.41) is 8.74. The van der Waals surface area contributed by atoms with E-state index in [9.17, 15) is 4.39 Å². The van der Waals surface area contributed by atoms with Crippen molar-refractivity contribution in [3.05, 3.63) is 52.4 Å². The van der Waals surface area contributed by atoms with Crippen LogP contribution in [-0.4, -0.2) is 61.9 Å². The molecule has 2 aliphatic heterocycles. The van der Waals surface area contributed by atoms with E-state index in [0.717, 1.165) is 86.4 Å². The van der Waals surface area contributed by atoms with Crippen molar-refractivity contribution in [3.8, 4) is 6.01 Å². The van der Waals surface area contributed by atoms with Crippen LogP contribution in [0.3, 0.4) is 0 Å². The molecule has 1 atom stereocenters. The molecule has 2 aliphatic rings. The average molecular weight is 541 g/mol. The standard InChI is InChI=1S/C29H38ClFN6O/c1-4-12-29(5-2,32-3)19-38-28-34-23-18-37(15-11-21(23)27(35-28)36-16-13-33-14-17-36)24-8-6-7-20-9-10-22(31)26(30)25(20)24/h6-10,32-33H,4-5,11-19H2,1-3H3. The minimum Gasteiger partial charge on any atom is -0.461 e. The lowest BCUT2D eigenvalue weighted by molar-refractivity contribution is 0.161. The van der Waals surface area contributed by atoms with E-state index in [1.807, 2.05) is 25.2 Å². The highest BCUT2D eigenvalue weighted by Crippen LogP contribution is 2.38. The molecular weight excluding hydrogens is 503 g/mol. The Morgan fingerprint density at radius 2 is 1.92 bits per heavy atom. The Morgan fingerprint density at radius 1 is 1.11 bits per heavy atom. The minimum absolute atomic E-state index is 0.112. The molecule has 0 aliphatic carbocycles. The summed E-state index contributed by atoms with van der Waals surface area (Å²) < 4.78 is 20.8. The zero-order valence-corrected chi connectivity index (χ0v) is 23.4. The Labute approximate surface area is 229 Å². The number of nitrogens with one attached hydrogen (secondary N) is 2. The van der Waals surface area contributed by atoms with E-state index in [1.54, 1.807) is 6.07 Å². The summed E-state index contributed by atoms with van der Waals surface area (Å²) in [4.78, 5) is 14.5.